The zero-order valence-corrected chi connectivity index (χ0v) is 16.4. The van der Waals surface area contributed by atoms with Crippen LogP contribution in [0.3, 0.4) is 0 Å². The topological polar surface area (TPSA) is 62.3 Å². The number of hydrogen-bond donors (Lipinski definition) is 1. The van der Waals surface area contributed by atoms with Crippen LogP contribution in [0.2, 0.25) is 0 Å². The molecule has 1 heterocycles. The molecule has 5 nitrogen and oxygen atoms in total. The molecule has 1 N–H and O–H groups in total. The molecular weight excluding hydrogens is 358 g/mol. The Morgan fingerprint density at radius 1 is 1.11 bits per heavy atom. The molecule has 0 bridgehead atoms. The lowest BCUT2D eigenvalue weighted by molar-refractivity contribution is -0.133. The number of thiazole rings is 1. The Morgan fingerprint density at radius 3 is 2.63 bits per heavy atom. The van der Waals surface area contributed by atoms with Gasteiger partial charge in [0.05, 0.1) is 21.8 Å². The number of para-hydroxylation sites is 2. The summed E-state index contributed by atoms with van der Waals surface area (Å²) in [7, 11) is 1.66. The third kappa shape index (κ3) is 4.92. The molecule has 0 atom stereocenters. The molecule has 0 fully saturated rings. The minimum absolute atomic E-state index is 0.0384. The molecule has 0 unspecified atom stereocenters. The number of nitrogens with one attached hydrogen (secondary N) is 1. The van der Waals surface area contributed by atoms with Crippen LogP contribution >= 0.6 is 11.3 Å². The van der Waals surface area contributed by atoms with Gasteiger partial charge in [0.15, 0.2) is 0 Å². The van der Waals surface area contributed by atoms with E-state index >= 15 is 0 Å². The van der Waals surface area contributed by atoms with Crippen LogP contribution in [0.1, 0.15) is 23.9 Å². The van der Waals surface area contributed by atoms with E-state index in [9.17, 15) is 9.59 Å². The smallest absolute Gasteiger partial charge is 0.243 e. The Labute approximate surface area is 163 Å². The van der Waals surface area contributed by atoms with Crippen molar-refractivity contribution in [2.24, 2.45) is 0 Å². The summed E-state index contributed by atoms with van der Waals surface area (Å²) in [4.78, 5) is 30.7. The molecule has 0 aliphatic heterocycles. The van der Waals surface area contributed by atoms with Gasteiger partial charge in [-0.15, -0.1) is 11.3 Å². The lowest BCUT2D eigenvalue weighted by Crippen LogP contribution is -2.35. The van der Waals surface area contributed by atoms with Crippen molar-refractivity contribution >= 4 is 39.1 Å². The van der Waals surface area contributed by atoms with Crippen LogP contribution in [0.15, 0.2) is 48.5 Å². The summed E-state index contributed by atoms with van der Waals surface area (Å²) in [5.41, 5.74) is 2.85. The van der Waals surface area contributed by atoms with Crippen LogP contribution in [-0.2, 0) is 22.4 Å². The summed E-state index contributed by atoms with van der Waals surface area (Å²) in [5, 5.41) is 3.84. The van der Waals surface area contributed by atoms with Gasteiger partial charge in [0.1, 0.15) is 0 Å². The van der Waals surface area contributed by atoms with Crippen molar-refractivity contribution in [3.8, 4) is 0 Å². The van der Waals surface area contributed by atoms with Crippen LogP contribution in [0.5, 0.6) is 0 Å². The van der Waals surface area contributed by atoms with Crippen LogP contribution in [0.4, 0.5) is 5.69 Å². The number of nitrogens with zero attached hydrogens (tertiary/aromatic N) is 2. The molecule has 0 spiro atoms. The molecule has 0 aliphatic carbocycles. The Morgan fingerprint density at radius 2 is 1.85 bits per heavy atom. The Bertz CT molecular complexity index is 918. The second-order valence-electron chi connectivity index (χ2n) is 6.38. The van der Waals surface area contributed by atoms with Crippen LogP contribution in [-0.4, -0.2) is 35.3 Å². The minimum atomic E-state index is -0.188. The molecule has 2 aromatic carbocycles. The summed E-state index contributed by atoms with van der Waals surface area (Å²) in [6.45, 7) is 2.08. The lowest BCUT2D eigenvalue weighted by Gasteiger charge is -2.17. The Kier molecular flexibility index (Phi) is 6.19. The lowest BCUT2D eigenvalue weighted by atomic mass is 10.1. The number of hydrogen-bond acceptors (Lipinski definition) is 4. The molecule has 140 valence electrons. The second-order valence-corrected chi connectivity index (χ2v) is 7.50. The first-order valence-corrected chi connectivity index (χ1v) is 9.84. The number of carbonyl (C=O) groups excluding carboxylic acids is 2. The van der Waals surface area contributed by atoms with E-state index in [1.807, 2.05) is 55.5 Å². The summed E-state index contributed by atoms with van der Waals surface area (Å²) >= 11 is 1.61. The van der Waals surface area contributed by atoms with Gasteiger partial charge in [-0.05, 0) is 30.2 Å². The predicted molar refractivity (Wildman–Crippen MR) is 110 cm³/mol. The average Bonchev–Trinajstić information content (AvgIpc) is 3.09. The van der Waals surface area contributed by atoms with Gasteiger partial charge in [0.2, 0.25) is 11.8 Å². The quantitative estimate of drug-likeness (QED) is 0.675. The first kappa shape index (κ1) is 19.0. The number of fused-ring (bicyclic) bond motifs is 1. The van der Waals surface area contributed by atoms with Crippen molar-refractivity contribution in [2.45, 2.75) is 26.2 Å². The van der Waals surface area contributed by atoms with E-state index in [1.54, 1.807) is 18.4 Å². The standard InChI is InChI=1S/C21H23N3O2S/c1-3-15-8-4-5-9-16(15)22-19(25)14-24(2)21(26)13-12-20-23-17-10-6-7-11-18(17)27-20/h4-11H,3,12-14H2,1-2H3,(H,22,25). The first-order valence-electron chi connectivity index (χ1n) is 9.03. The zero-order valence-electron chi connectivity index (χ0n) is 15.6. The number of anilines is 1. The van der Waals surface area contributed by atoms with Crippen LogP contribution in [0.25, 0.3) is 10.2 Å². The molecule has 0 saturated heterocycles. The first-order chi connectivity index (χ1) is 13.1. The molecule has 2 amide bonds. The number of benzene rings is 2. The second kappa shape index (κ2) is 8.77. The largest absolute Gasteiger partial charge is 0.336 e. The molecule has 27 heavy (non-hydrogen) atoms. The molecule has 0 aliphatic rings. The fourth-order valence-electron chi connectivity index (χ4n) is 2.88. The van der Waals surface area contributed by atoms with E-state index in [1.165, 1.54) is 4.90 Å². The fourth-order valence-corrected chi connectivity index (χ4v) is 3.84. The van der Waals surface area contributed by atoms with E-state index in [0.29, 0.717) is 12.8 Å². The normalized spacial score (nSPS) is 10.7. The number of aryl methyl sites for hydroxylation is 2. The van der Waals surface area contributed by atoms with Gasteiger partial charge in [-0.2, -0.15) is 0 Å². The summed E-state index contributed by atoms with van der Waals surface area (Å²) in [6.07, 6.45) is 1.77. The van der Waals surface area contributed by atoms with Gasteiger partial charge in [-0.25, -0.2) is 4.98 Å². The monoisotopic (exact) mass is 381 g/mol. The van der Waals surface area contributed by atoms with Crippen molar-refractivity contribution in [1.29, 1.82) is 0 Å². The highest BCUT2D eigenvalue weighted by Gasteiger charge is 2.15. The third-order valence-corrected chi connectivity index (χ3v) is 5.47. The highest BCUT2D eigenvalue weighted by Crippen LogP contribution is 2.22. The maximum Gasteiger partial charge on any atom is 0.243 e. The van der Waals surface area contributed by atoms with Crippen LogP contribution < -0.4 is 5.32 Å². The third-order valence-electron chi connectivity index (χ3n) is 4.37. The SMILES string of the molecule is CCc1ccccc1NC(=O)CN(C)C(=O)CCc1nc2ccccc2s1. The average molecular weight is 382 g/mol. The maximum absolute atomic E-state index is 12.4. The number of amides is 2. The summed E-state index contributed by atoms with van der Waals surface area (Å²) in [5.74, 6) is -0.250. The molecule has 0 saturated carbocycles. The minimum Gasteiger partial charge on any atom is -0.336 e. The highest BCUT2D eigenvalue weighted by molar-refractivity contribution is 7.18. The van der Waals surface area contributed by atoms with Gasteiger partial charge in [-0.3, -0.25) is 9.59 Å². The van der Waals surface area contributed by atoms with Crippen molar-refractivity contribution < 1.29 is 9.59 Å². The Hall–Kier alpha value is -2.73. The number of rotatable bonds is 7. The highest BCUT2D eigenvalue weighted by atomic mass is 32.1. The zero-order chi connectivity index (χ0) is 19.2. The Balaban J connectivity index is 1.51. The van der Waals surface area contributed by atoms with Crippen molar-refractivity contribution in [3.63, 3.8) is 0 Å². The molecule has 0 radical (unpaired) electrons. The molecule has 6 heteroatoms. The number of carbonyl (C=O) groups is 2. The number of likely N-dealkylation sites (N-methyl/N-ethyl adjacent to an activating group) is 1. The van der Waals surface area contributed by atoms with E-state index in [2.05, 4.69) is 10.3 Å². The molecule has 3 rings (SSSR count). The fraction of sp³-hybridized carbons (Fsp3) is 0.286. The van der Waals surface area contributed by atoms with Gasteiger partial charge in [-0.1, -0.05) is 37.3 Å². The predicted octanol–water partition coefficient (Wildman–Crippen LogP) is 3.89. The molecular formula is C21H23N3O2S. The van der Waals surface area contributed by atoms with Crippen molar-refractivity contribution in [2.75, 3.05) is 18.9 Å². The van der Waals surface area contributed by atoms with E-state index in [-0.39, 0.29) is 18.4 Å². The summed E-state index contributed by atoms with van der Waals surface area (Å²) < 4.78 is 1.13. The van der Waals surface area contributed by atoms with Gasteiger partial charge >= 0.3 is 0 Å². The summed E-state index contributed by atoms with van der Waals surface area (Å²) in [6, 6.07) is 15.7. The van der Waals surface area contributed by atoms with Crippen molar-refractivity contribution in [1.82, 2.24) is 9.88 Å². The van der Waals surface area contributed by atoms with Gasteiger partial charge in [0.25, 0.3) is 0 Å². The van der Waals surface area contributed by atoms with Gasteiger partial charge < -0.3 is 10.2 Å². The van der Waals surface area contributed by atoms with Crippen LogP contribution in [0, 0.1) is 0 Å². The number of aromatic nitrogens is 1. The van der Waals surface area contributed by atoms with Crippen molar-refractivity contribution in [3.05, 3.63) is 59.1 Å². The van der Waals surface area contributed by atoms with Gasteiger partial charge in [0, 0.05) is 25.6 Å². The molecule has 1 aromatic heterocycles. The van der Waals surface area contributed by atoms with E-state index in [0.717, 1.165) is 32.9 Å². The molecule has 3 aromatic rings. The van der Waals surface area contributed by atoms with E-state index < -0.39 is 0 Å². The maximum atomic E-state index is 12.4. The van der Waals surface area contributed by atoms with E-state index in [4.69, 9.17) is 0 Å².